The molecule has 0 aromatic heterocycles. The van der Waals surface area contributed by atoms with Crippen LogP contribution in [0.25, 0.3) is 10.4 Å². The van der Waals surface area contributed by atoms with Gasteiger partial charge in [-0.2, -0.15) is 0 Å². The zero-order valence-corrected chi connectivity index (χ0v) is 18.7. The lowest BCUT2D eigenvalue weighted by atomic mass is 9.73. The van der Waals surface area contributed by atoms with Crippen LogP contribution in [0.5, 0.6) is 5.75 Å². The van der Waals surface area contributed by atoms with E-state index in [1.54, 1.807) is 13.0 Å². The number of anilines is 1. The van der Waals surface area contributed by atoms with Crippen molar-refractivity contribution in [3.8, 4) is 5.75 Å². The molecule has 0 bridgehead atoms. The fraction of sp³-hybridized carbons (Fsp3) is 0.391. The Hall–Kier alpha value is -3.58. The lowest BCUT2D eigenvalue weighted by molar-refractivity contribution is 0.0518. The largest absolute Gasteiger partial charge is 0.487 e. The maximum atomic E-state index is 14.3. The second kappa shape index (κ2) is 8.51. The molecule has 0 radical (unpaired) electrons. The highest BCUT2D eigenvalue weighted by Gasteiger charge is 2.40. The zero-order chi connectivity index (χ0) is 23.7. The van der Waals surface area contributed by atoms with E-state index in [1.807, 2.05) is 27.7 Å². The molecule has 3 rings (SSSR count). The molecule has 1 amide bonds. The number of hydrogen-bond donors (Lipinski definition) is 1. The standard InChI is InChI=1S/C23H25FN4O4/c1-6-31-21(30)15-8-7-14(11-17(15)24)26-20(29)13-9-16-19(18(10-13)27-28-25)32-23(4,5)12-22(16,2)3/h7-11H,6,12H2,1-5H3,(H,26,29). The van der Waals surface area contributed by atoms with Crippen LogP contribution in [-0.4, -0.2) is 24.1 Å². The molecule has 8 nitrogen and oxygen atoms in total. The van der Waals surface area contributed by atoms with Crippen LogP contribution in [0.2, 0.25) is 0 Å². The van der Waals surface area contributed by atoms with Crippen LogP contribution in [0.1, 0.15) is 67.3 Å². The number of benzene rings is 2. The van der Waals surface area contributed by atoms with Gasteiger partial charge in [-0.25, -0.2) is 9.18 Å². The molecule has 0 spiro atoms. The Kier molecular flexibility index (Phi) is 6.14. The number of halogens is 1. The van der Waals surface area contributed by atoms with E-state index in [0.717, 1.165) is 11.6 Å². The summed E-state index contributed by atoms with van der Waals surface area (Å²) in [6.07, 6.45) is 0.689. The van der Waals surface area contributed by atoms with Crippen LogP contribution in [-0.2, 0) is 10.2 Å². The second-order valence-corrected chi connectivity index (χ2v) is 8.85. The van der Waals surface area contributed by atoms with Crippen LogP contribution in [0, 0.1) is 5.82 Å². The number of rotatable bonds is 5. The number of amides is 1. The van der Waals surface area contributed by atoms with Crippen LogP contribution >= 0.6 is 0 Å². The average molecular weight is 440 g/mol. The molecule has 32 heavy (non-hydrogen) atoms. The lowest BCUT2D eigenvalue weighted by Gasteiger charge is -2.43. The third-order valence-electron chi connectivity index (χ3n) is 5.18. The summed E-state index contributed by atoms with van der Waals surface area (Å²) in [4.78, 5) is 27.6. The highest BCUT2D eigenvalue weighted by Crippen LogP contribution is 2.49. The van der Waals surface area contributed by atoms with Gasteiger partial charge in [0.25, 0.3) is 5.91 Å². The zero-order valence-electron chi connectivity index (χ0n) is 18.7. The van der Waals surface area contributed by atoms with Gasteiger partial charge >= 0.3 is 5.97 Å². The number of ether oxygens (including phenoxy) is 2. The van der Waals surface area contributed by atoms with Crippen LogP contribution in [0.3, 0.4) is 0 Å². The molecule has 0 saturated carbocycles. The maximum absolute atomic E-state index is 14.3. The fourth-order valence-electron chi connectivity index (χ4n) is 4.12. The van der Waals surface area contributed by atoms with E-state index in [2.05, 4.69) is 15.3 Å². The molecule has 0 atom stereocenters. The third kappa shape index (κ3) is 4.68. The first kappa shape index (κ1) is 23.1. The van der Waals surface area contributed by atoms with Gasteiger partial charge in [0.2, 0.25) is 0 Å². The summed E-state index contributed by atoms with van der Waals surface area (Å²) in [5.41, 5.74) is 9.33. The number of nitrogens with zero attached hydrogens (tertiary/aromatic N) is 3. The van der Waals surface area contributed by atoms with Crippen molar-refractivity contribution >= 4 is 23.3 Å². The first-order chi connectivity index (χ1) is 15.0. The van der Waals surface area contributed by atoms with Gasteiger partial charge in [-0.1, -0.05) is 19.0 Å². The molecule has 2 aromatic carbocycles. The van der Waals surface area contributed by atoms with E-state index >= 15 is 0 Å². The van der Waals surface area contributed by atoms with Crippen molar-refractivity contribution < 1.29 is 23.5 Å². The average Bonchev–Trinajstić information content (AvgIpc) is 2.67. The van der Waals surface area contributed by atoms with Crippen LogP contribution in [0.4, 0.5) is 15.8 Å². The van der Waals surface area contributed by atoms with Crippen molar-refractivity contribution in [1.29, 1.82) is 0 Å². The van der Waals surface area contributed by atoms with Crippen molar-refractivity contribution in [3.63, 3.8) is 0 Å². The molecule has 2 aromatic rings. The Labute approximate surface area is 185 Å². The topological polar surface area (TPSA) is 113 Å². The van der Waals surface area contributed by atoms with E-state index < -0.39 is 23.3 Å². The molecule has 1 aliphatic heterocycles. The minimum absolute atomic E-state index is 0.125. The van der Waals surface area contributed by atoms with Gasteiger partial charge < -0.3 is 14.8 Å². The minimum atomic E-state index is -0.807. The number of esters is 1. The molecule has 1 heterocycles. The number of nitrogens with one attached hydrogen (secondary N) is 1. The van der Waals surface area contributed by atoms with E-state index in [1.165, 1.54) is 18.2 Å². The quantitative estimate of drug-likeness (QED) is 0.264. The SMILES string of the molecule is CCOC(=O)c1ccc(NC(=O)c2cc(N=[N+]=[N-])c3c(c2)C(C)(C)CC(C)(C)O3)cc1F. The van der Waals surface area contributed by atoms with E-state index in [4.69, 9.17) is 15.0 Å². The van der Waals surface area contributed by atoms with Crippen LogP contribution in [0.15, 0.2) is 35.4 Å². The summed E-state index contributed by atoms with van der Waals surface area (Å²) in [7, 11) is 0. The molecule has 0 fully saturated rings. The summed E-state index contributed by atoms with van der Waals surface area (Å²) in [5.74, 6) is -1.66. The summed E-state index contributed by atoms with van der Waals surface area (Å²) < 4.78 is 25.2. The third-order valence-corrected chi connectivity index (χ3v) is 5.18. The molecule has 1 aliphatic rings. The van der Waals surface area contributed by atoms with E-state index in [9.17, 15) is 14.0 Å². The van der Waals surface area contributed by atoms with Gasteiger partial charge in [-0.3, -0.25) is 4.79 Å². The van der Waals surface area contributed by atoms with Crippen molar-refractivity contribution in [2.45, 2.75) is 52.1 Å². The fourth-order valence-corrected chi connectivity index (χ4v) is 4.12. The maximum Gasteiger partial charge on any atom is 0.341 e. The molecule has 168 valence electrons. The van der Waals surface area contributed by atoms with Crippen molar-refractivity contribution in [3.05, 3.63) is 63.3 Å². The summed E-state index contributed by atoms with van der Waals surface area (Å²) in [6.45, 7) is 9.71. The molecule has 0 aliphatic carbocycles. The van der Waals surface area contributed by atoms with Crippen molar-refractivity contribution in [1.82, 2.24) is 0 Å². The highest BCUT2D eigenvalue weighted by molar-refractivity contribution is 6.05. The first-order valence-electron chi connectivity index (χ1n) is 10.2. The second-order valence-electron chi connectivity index (χ2n) is 8.85. The number of carbonyl (C=O) groups is 2. The van der Waals surface area contributed by atoms with Crippen molar-refractivity contribution in [2.75, 3.05) is 11.9 Å². The first-order valence-corrected chi connectivity index (χ1v) is 10.2. The van der Waals surface area contributed by atoms with Gasteiger partial charge in [-0.05, 0) is 68.5 Å². The minimum Gasteiger partial charge on any atom is -0.487 e. The Morgan fingerprint density at radius 1 is 1.25 bits per heavy atom. The Morgan fingerprint density at radius 3 is 2.59 bits per heavy atom. The highest BCUT2D eigenvalue weighted by atomic mass is 19.1. The lowest BCUT2D eigenvalue weighted by Crippen LogP contribution is -2.41. The van der Waals surface area contributed by atoms with Gasteiger partial charge in [0.05, 0.1) is 17.9 Å². The number of azide groups is 1. The predicted octanol–water partition coefficient (Wildman–Crippen LogP) is 6.04. The Morgan fingerprint density at radius 2 is 1.97 bits per heavy atom. The van der Waals surface area contributed by atoms with Gasteiger partial charge in [0.15, 0.2) is 0 Å². The Bertz CT molecular complexity index is 1140. The number of hydrogen-bond acceptors (Lipinski definition) is 5. The van der Waals surface area contributed by atoms with E-state index in [-0.39, 0.29) is 34.5 Å². The van der Waals surface area contributed by atoms with Gasteiger partial charge in [0, 0.05) is 21.7 Å². The molecule has 1 N–H and O–H groups in total. The molecular weight excluding hydrogens is 415 g/mol. The monoisotopic (exact) mass is 440 g/mol. The predicted molar refractivity (Wildman–Crippen MR) is 118 cm³/mol. The van der Waals surface area contributed by atoms with Gasteiger partial charge in [-0.15, -0.1) is 0 Å². The molecule has 0 saturated heterocycles. The summed E-state index contributed by atoms with van der Waals surface area (Å²) in [5, 5.41) is 6.34. The molecular formula is C23H25FN4O4. The Balaban J connectivity index is 1.96. The number of fused-ring (bicyclic) bond motifs is 1. The number of carbonyl (C=O) groups excluding carboxylic acids is 2. The van der Waals surface area contributed by atoms with Gasteiger partial charge in [0.1, 0.15) is 17.2 Å². The molecule has 0 unspecified atom stereocenters. The molecule has 9 heteroatoms. The summed E-state index contributed by atoms with van der Waals surface area (Å²) in [6, 6.07) is 6.84. The van der Waals surface area contributed by atoms with E-state index in [0.29, 0.717) is 12.2 Å². The van der Waals surface area contributed by atoms with Crippen molar-refractivity contribution in [2.24, 2.45) is 5.11 Å². The normalized spacial score (nSPS) is 15.6. The smallest absolute Gasteiger partial charge is 0.341 e. The van der Waals surface area contributed by atoms with Crippen LogP contribution < -0.4 is 10.1 Å². The summed E-state index contributed by atoms with van der Waals surface area (Å²) >= 11 is 0.